The lowest BCUT2D eigenvalue weighted by atomic mass is 9.99. The predicted molar refractivity (Wildman–Crippen MR) is 92.8 cm³/mol. The van der Waals surface area contributed by atoms with Crippen molar-refractivity contribution in [2.45, 2.75) is 39.7 Å². The topological polar surface area (TPSA) is 12.0 Å². The fourth-order valence-electron chi connectivity index (χ4n) is 2.42. The van der Waals surface area contributed by atoms with Crippen LogP contribution in [0.3, 0.4) is 0 Å². The lowest BCUT2D eigenvalue weighted by molar-refractivity contribution is 0.524. The van der Waals surface area contributed by atoms with Crippen molar-refractivity contribution in [3.8, 4) is 0 Å². The fraction of sp³-hybridized carbons (Fsp3) is 0.412. The molecule has 1 unspecified atom stereocenters. The average molecular weight is 352 g/mol. The van der Waals surface area contributed by atoms with E-state index >= 15 is 0 Å². The van der Waals surface area contributed by atoms with Crippen molar-refractivity contribution in [2.24, 2.45) is 0 Å². The Bertz CT molecular complexity index is 562. The molecule has 108 valence electrons. The second kappa shape index (κ2) is 7.39. The molecule has 0 fully saturated rings. The van der Waals surface area contributed by atoms with Gasteiger partial charge in [0.1, 0.15) is 0 Å². The zero-order valence-corrected chi connectivity index (χ0v) is 14.8. The van der Waals surface area contributed by atoms with E-state index in [1.54, 1.807) is 0 Å². The Morgan fingerprint density at radius 3 is 2.55 bits per heavy atom. The average Bonchev–Trinajstić information content (AvgIpc) is 2.80. The smallest absolute Gasteiger partial charge is 0.0285 e. The standard InChI is InChI=1S/C17H22BrNS/c1-4-19-16(10-17-9-15(18)11-20-17)8-14-6-5-12(2)13(3)7-14/h5-7,9,11,16,19H,4,8,10H2,1-3H3. The molecule has 1 aromatic carbocycles. The summed E-state index contributed by atoms with van der Waals surface area (Å²) in [5, 5.41) is 5.78. The second-order valence-corrected chi connectivity index (χ2v) is 7.22. The lowest BCUT2D eigenvalue weighted by Crippen LogP contribution is -2.32. The molecule has 3 heteroatoms. The van der Waals surface area contributed by atoms with E-state index in [0.29, 0.717) is 6.04 Å². The van der Waals surface area contributed by atoms with Gasteiger partial charge in [-0.05, 0) is 71.9 Å². The summed E-state index contributed by atoms with van der Waals surface area (Å²) < 4.78 is 1.19. The molecule has 0 saturated carbocycles. The molecule has 2 rings (SSSR count). The third kappa shape index (κ3) is 4.44. The number of hydrogen-bond acceptors (Lipinski definition) is 2. The molecular formula is C17H22BrNS. The van der Waals surface area contributed by atoms with Crippen molar-refractivity contribution in [1.29, 1.82) is 0 Å². The van der Waals surface area contributed by atoms with Crippen LogP contribution in [0.15, 0.2) is 34.1 Å². The van der Waals surface area contributed by atoms with E-state index in [0.717, 1.165) is 19.4 Å². The lowest BCUT2D eigenvalue weighted by Gasteiger charge is -2.18. The van der Waals surface area contributed by atoms with Crippen molar-refractivity contribution < 1.29 is 0 Å². The van der Waals surface area contributed by atoms with Crippen LogP contribution >= 0.6 is 27.3 Å². The van der Waals surface area contributed by atoms with Gasteiger partial charge in [-0.15, -0.1) is 11.3 Å². The van der Waals surface area contributed by atoms with Crippen LogP contribution in [0, 0.1) is 13.8 Å². The number of likely N-dealkylation sites (N-methyl/N-ethyl adjacent to an activating group) is 1. The fourth-order valence-corrected chi connectivity index (χ4v) is 3.96. The van der Waals surface area contributed by atoms with E-state index < -0.39 is 0 Å². The minimum atomic E-state index is 0.507. The van der Waals surface area contributed by atoms with Gasteiger partial charge < -0.3 is 5.32 Å². The highest BCUT2D eigenvalue weighted by atomic mass is 79.9. The summed E-state index contributed by atoms with van der Waals surface area (Å²) in [5.41, 5.74) is 4.18. The van der Waals surface area contributed by atoms with Crippen LogP contribution < -0.4 is 5.32 Å². The van der Waals surface area contributed by atoms with Crippen molar-refractivity contribution in [1.82, 2.24) is 5.32 Å². The summed E-state index contributed by atoms with van der Waals surface area (Å²) in [6.45, 7) is 7.56. The molecular weight excluding hydrogens is 330 g/mol. The molecule has 0 amide bonds. The van der Waals surface area contributed by atoms with Gasteiger partial charge in [0.2, 0.25) is 0 Å². The molecule has 1 aromatic heterocycles. The number of thiophene rings is 1. The summed E-state index contributed by atoms with van der Waals surface area (Å²) in [6.07, 6.45) is 2.18. The Balaban J connectivity index is 2.06. The summed E-state index contributed by atoms with van der Waals surface area (Å²) in [7, 11) is 0. The van der Waals surface area contributed by atoms with Gasteiger partial charge in [-0.2, -0.15) is 0 Å². The maximum Gasteiger partial charge on any atom is 0.0285 e. The first-order valence-corrected chi connectivity index (χ1v) is 8.78. The highest BCUT2D eigenvalue weighted by Crippen LogP contribution is 2.22. The molecule has 1 nitrogen and oxygen atoms in total. The molecule has 0 aliphatic carbocycles. The maximum atomic E-state index is 3.61. The predicted octanol–water partition coefficient (Wildman–Crippen LogP) is 4.89. The first kappa shape index (κ1) is 15.7. The van der Waals surface area contributed by atoms with Crippen LogP contribution in [0.4, 0.5) is 0 Å². The number of aryl methyl sites for hydroxylation is 2. The van der Waals surface area contributed by atoms with Gasteiger partial charge in [-0.1, -0.05) is 25.1 Å². The molecule has 2 aromatic rings. The van der Waals surface area contributed by atoms with E-state index in [-0.39, 0.29) is 0 Å². The quantitative estimate of drug-likeness (QED) is 0.780. The third-order valence-corrected chi connectivity index (χ3v) is 5.34. The molecule has 1 atom stereocenters. The Morgan fingerprint density at radius 2 is 1.95 bits per heavy atom. The first-order valence-electron chi connectivity index (χ1n) is 7.11. The normalized spacial score (nSPS) is 12.6. The van der Waals surface area contributed by atoms with Crippen LogP contribution in [0.1, 0.15) is 28.5 Å². The van der Waals surface area contributed by atoms with Gasteiger partial charge in [0.15, 0.2) is 0 Å². The van der Waals surface area contributed by atoms with Gasteiger partial charge in [0.05, 0.1) is 0 Å². The van der Waals surface area contributed by atoms with Crippen molar-refractivity contribution in [3.05, 3.63) is 55.7 Å². The Labute approximate surface area is 134 Å². The van der Waals surface area contributed by atoms with Crippen LogP contribution in [0.2, 0.25) is 0 Å². The van der Waals surface area contributed by atoms with Gasteiger partial charge in [-0.3, -0.25) is 0 Å². The zero-order chi connectivity index (χ0) is 14.5. The van der Waals surface area contributed by atoms with Gasteiger partial charge in [0.25, 0.3) is 0 Å². The third-order valence-electron chi connectivity index (χ3n) is 3.62. The van der Waals surface area contributed by atoms with Crippen molar-refractivity contribution in [3.63, 3.8) is 0 Å². The Kier molecular flexibility index (Phi) is 5.82. The number of benzene rings is 1. The molecule has 0 bridgehead atoms. The molecule has 0 spiro atoms. The number of hydrogen-bond donors (Lipinski definition) is 1. The summed E-state index contributed by atoms with van der Waals surface area (Å²) in [6, 6.07) is 9.55. The highest BCUT2D eigenvalue weighted by Gasteiger charge is 2.11. The molecule has 20 heavy (non-hydrogen) atoms. The number of halogens is 1. The maximum absolute atomic E-state index is 3.61. The van der Waals surface area contributed by atoms with Crippen LogP contribution in [-0.2, 0) is 12.8 Å². The van der Waals surface area contributed by atoms with Crippen molar-refractivity contribution in [2.75, 3.05) is 6.54 Å². The molecule has 1 heterocycles. The minimum absolute atomic E-state index is 0.507. The molecule has 0 aliphatic heterocycles. The largest absolute Gasteiger partial charge is 0.314 e. The first-order chi connectivity index (χ1) is 9.58. The number of nitrogens with one attached hydrogen (secondary N) is 1. The van der Waals surface area contributed by atoms with E-state index in [9.17, 15) is 0 Å². The second-order valence-electron chi connectivity index (χ2n) is 5.31. The van der Waals surface area contributed by atoms with Crippen molar-refractivity contribution >= 4 is 27.3 Å². The van der Waals surface area contributed by atoms with Gasteiger partial charge >= 0.3 is 0 Å². The Hall–Kier alpha value is -0.640. The van der Waals surface area contributed by atoms with Crippen LogP contribution in [0.25, 0.3) is 0 Å². The van der Waals surface area contributed by atoms with E-state index in [1.165, 1.54) is 26.0 Å². The monoisotopic (exact) mass is 351 g/mol. The van der Waals surface area contributed by atoms with E-state index in [2.05, 4.69) is 71.7 Å². The zero-order valence-electron chi connectivity index (χ0n) is 12.4. The van der Waals surface area contributed by atoms with Gasteiger partial charge in [-0.25, -0.2) is 0 Å². The SMILES string of the molecule is CCNC(Cc1ccc(C)c(C)c1)Cc1cc(Br)cs1. The van der Waals surface area contributed by atoms with Crippen LogP contribution in [0.5, 0.6) is 0 Å². The van der Waals surface area contributed by atoms with E-state index in [1.807, 2.05) is 11.3 Å². The Morgan fingerprint density at radius 1 is 1.15 bits per heavy atom. The molecule has 1 N–H and O–H groups in total. The van der Waals surface area contributed by atoms with Gasteiger partial charge in [0, 0.05) is 20.8 Å². The summed E-state index contributed by atoms with van der Waals surface area (Å²) in [4.78, 5) is 1.44. The molecule has 0 aliphatic rings. The molecule has 0 radical (unpaired) electrons. The number of rotatable bonds is 6. The summed E-state index contributed by atoms with van der Waals surface area (Å²) in [5.74, 6) is 0. The van der Waals surface area contributed by atoms with Crippen LogP contribution in [-0.4, -0.2) is 12.6 Å². The summed E-state index contributed by atoms with van der Waals surface area (Å²) >= 11 is 5.37. The van der Waals surface area contributed by atoms with E-state index in [4.69, 9.17) is 0 Å². The molecule has 0 saturated heterocycles. The highest BCUT2D eigenvalue weighted by molar-refractivity contribution is 9.10. The minimum Gasteiger partial charge on any atom is -0.314 e.